The average Bonchev–Trinajstić information content (AvgIpc) is 2.67. The molecule has 1 unspecified atom stereocenters. The number of anilines is 1. The predicted molar refractivity (Wildman–Crippen MR) is 125 cm³/mol. The first-order valence-electron chi connectivity index (χ1n) is 9.96. The number of hydrogen-bond donors (Lipinski definition) is 1. The lowest BCUT2D eigenvalue weighted by Gasteiger charge is -2.47. The molecular weight excluding hydrogens is 421 g/mol. The number of benzene rings is 2. The Morgan fingerprint density at radius 3 is 2.70 bits per heavy atom. The zero-order valence-electron chi connectivity index (χ0n) is 17.9. The lowest BCUT2D eigenvalue weighted by atomic mass is 9.79. The van der Waals surface area contributed by atoms with Gasteiger partial charge in [-0.25, -0.2) is 5.43 Å². The Morgan fingerprint density at radius 1 is 1.33 bits per heavy atom. The van der Waals surface area contributed by atoms with E-state index in [9.17, 15) is 4.79 Å². The Hall–Kier alpha value is -2.24. The molecule has 5 nitrogen and oxygen atoms in total. The minimum absolute atomic E-state index is 0.0770. The van der Waals surface area contributed by atoms with Gasteiger partial charge in [-0.05, 0) is 62.9 Å². The molecule has 1 amide bonds. The van der Waals surface area contributed by atoms with Crippen molar-refractivity contribution >= 4 is 41.0 Å². The predicted octanol–water partition coefficient (Wildman–Crippen LogP) is 5.88. The second-order valence-electron chi connectivity index (χ2n) is 8.14. The maximum atomic E-state index is 12.4. The SMILES string of the molecule is CCN1c2cc(OC)c(/C=N\NC(=O)c3ccc(Cl)cc3Cl)cc2C(C)CC1(C)C. The zero-order valence-corrected chi connectivity index (χ0v) is 19.4. The van der Waals surface area contributed by atoms with Gasteiger partial charge in [-0.15, -0.1) is 0 Å². The number of hydrazone groups is 1. The summed E-state index contributed by atoms with van der Waals surface area (Å²) >= 11 is 12.0. The second-order valence-corrected chi connectivity index (χ2v) is 8.98. The van der Waals surface area contributed by atoms with Gasteiger partial charge in [-0.3, -0.25) is 4.79 Å². The van der Waals surface area contributed by atoms with E-state index in [0.717, 1.165) is 18.5 Å². The molecule has 1 N–H and O–H groups in total. The molecule has 2 aromatic rings. The molecular formula is C23H27Cl2N3O2. The van der Waals surface area contributed by atoms with E-state index in [1.165, 1.54) is 17.3 Å². The number of ether oxygens (including phenoxy) is 1. The van der Waals surface area contributed by atoms with E-state index in [-0.39, 0.29) is 10.6 Å². The minimum atomic E-state index is -0.405. The topological polar surface area (TPSA) is 53.9 Å². The highest BCUT2D eigenvalue weighted by Crippen LogP contribution is 2.45. The third-order valence-electron chi connectivity index (χ3n) is 5.60. The Morgan fingerprint density at radius 2 is 2.07 bits per heavy atom. The average molecular weight is 448 g/mol. The van der Waals surface area contributed by atoms with Crippen molar-refractivity contribution in [3.63, 3.8) is 0 Å². The number of rotatable bonds is 5. The van der Waals surface area contributed by atoms with Crippen LogP contribution >= 0.6 is 23.2 Å². The van der Waals surface area contributed by atoms with Gasteiger partial charge in [-0.1, -0.05) is 30.1 Å². The van der Waals surface area contributed by atoms with Gasteiger partial charge in [0.05, 0.1) is 23.9 Å². The summed E-state index contributed by atoms with van der Waals surface area (Å²) in [6, 6.07) is 8.87. The molecule has 0 saturated carbocycles. The number of methoxy groups -OCH3 is 1. The fourth-order valence-electron chi connectivity index (χ4n) is 4.30. The fourth-order valence-corrected chi connectivity index (χ4v) is 4.79. The van der Waals surface area contributed by atoms with Crippen molar-refractivity contribution in [1.82, 2.24) is 5.43 Å². The van der Waals surface area contributed by atoms with Crippen LogP contribution in [0, 0.1) is 0 Å². The Bertz CT molecular complexity index is 989. The Balaban J connectivity index is 1.88. The van der Waals surface area contributed by atoms with Crippen LogP contribution in [-0.2, 0) is 0 Å². The monoisotopic (exact) mass is 447 g/mol. The van der Waals surface area contributed by atoms with Crippen LogP contribution in [0.25, 0.3) is 0 Å². The van der Waals surface area contributed by atoms with Crippen molar-refractivity contribution in [3.05, 3.63) is 57.1 Å². The first-order valence-corrected chi connectivity index (χ1v) is 10.7. The summed E-state index contributed by atoms with van der Waals surface area (Å²) in [5.41, 5.74) is 6.16. The molecule has 0 aromatic heterocycles. The van der Waals surface area contributed by atoms with Gasteiger partial charge in [0.15, 0.2) is 0 Å². The van der Waals surface area contributed by atoms with E-state index in [1.807, 2.05) is 0 Å². The summed E-state index contributed by atoms with van der Waals surface area (Å²) in [5, 5.41) is 4.87. The molecule has 160 valence electrons. The highest BCUT2D eigenvalue weighted by molar-refractivity contribution is 6.36. The van der Waals surface area contributed by atoms with Crippen LogP contribution in [-0.4, -0.2) is 31.3 Å². The molecule has 1 atom stereocenters. The van der Waals surface area contributed by atoms with Gasteiger partial charge < -0.3 is 9.64 Å². The number of carbonyl (C=O) groups excluding carboxylic acids is 1. The lowest BCUT2D eigenvalue weighted by Crippen LogP contribution is -2.48. The van der Waals surface area contributed by atoms with Crippen molar-refractivity contribution < 1.29 is 9.53 Å². The smallest absolute Gasteiger partial charge is 0.272 e. The summed E-state index contributed by atoms with van der Waals surface area (Å²) in [4.78, 5) is 14.8. The van der Waals surface area contributed by atoms with Crippen LogP contribution in [0.3, 0.4) is 0 Å². The van der Waals surface area contributed by atoms with Crippen LogP contribution in [0.15, 0.2) is 35.4 Å². The number of halogens is 2. The first kappa shape index (κ1) is 22.4. The molecule has 1 aliphatic heterocycles. The number of nitrogens with zero attached hydrogens (tertiary/aromatic N) is 2. The van der Waals surface area contributed by atoms with Gasteiger partial charge in [0, 0.05) is 34.4 Å². The van der Waals surface area contributed by atoms with Gasteiger partial charge in [0.2, 0.25) is 0 Å². The van der Waals surface area contributed by atoms with E-state index in [0.29, 0.717) is 22.3 Å². The van der Waals surface area contributed by atoms with Crippen LogP contribution in [0.2, 0.25) is 10.0 Å². The molecule has 30 heavy (non-hydrogen) atoms. The maximum Gasteiger partial charge on any atom is 0.272 e. The molecule has 2 aromatic carbocycles. The number of amides is 1. The summed E-state index contributed by atoms with van der Waals surface area (Å²) < 4.78 is 5.62. The summed E-state index contributed by atoms with van der Waals surface area (Å²) in [5.74, 6) is 0.704. The number of carbonyl (C=O) groups is 1. The molecule has 1 heterocycles. The Kier molecular flexibility index (Phi) is 6.63. The second kappa shape index (κ2) is 8.86. The summed E-state index contributed by atoms with van der Waals surface area (Å²) in [6.45, 7) is 9.87. The summed E-state index contributed by atoms with van der Waals surface area (Å²) in [7, 11) is 1.64. The molecule has 0 aliphatic carbocycles. The maximum absolute atomic E-state index is 12.4. The van der Waals surface area contributed by atoms with Crippen molar-refractivity contribution in [1.29, 1.82) is 0 Å². The van der Waals surface area contributed by atoms with Crippen LogP contribution in [0.4, 0.5) is 5.69 Å². The zero-order chi connectivity index (χ0) is 22.1. The van der Waals surface area contributed by atoms with Gasteiger partial charge in [0.1, 0.15) is 5.75 Å². The van der Waals surface area contributed by atoms with Crippen molar-refractivity contribution in [2.24, 2.45) is 5.10 Å². The molecule has 0 radical (unpaired) electrons. The van der Waals surface area contributed by atoms with Gasteiger partial charge in [-0.2, -0.15) is 5.10 Å². The van der Waals surface area contributed by atoms with Crippen molar-refractivity contribution in [3.8, 4) is 5.75 Å². The van der Waals surface area contributed by atoms with Crippen LogP contribution in [0.1, 0.15) is 61.5 Å². The normalized spacial score (nSPS) is 17.7. The highest BCUT2D eigenvalue weighted by atomic mass is 35.5. The standard InChI is InChI=1S/C23H27Cl2N3O2/c1-6-28-20-11-21(30-5)15(9-18(20)14(2)12-23(28,3)4)13-26-27-22(29)17-8-7-16(24)10-19(17)25/h7-11,13-14H,6,12H2,1-5H3,(H,27,29)/b26-13-. The first-order chi connectivity index (χ1) is 14.2. The van der Waals surface area contributed by atoms with Gasteiger partial charge in [0.25, 0.3) is 5.91 Å². The fraction of sp³-hybridized carbons (Fsp3) is 0.391. The minimum Gasteiger partial charge on any atom is -0.496 e. The molecule has 0 bridgehead atoms. The molecule has 0 saturated heterocycles. The lowest BCUT2D eigenvalue weighted by molar-refractivity contribution is 0.0955. The van der Waals surface area contributed by atoms with Gasteiger partial charge >= 0.3 is 0 Å². The van der Waals surface area contributed by atoms with E-state index in [2.05, 4.69) is 55.3 Å². The largest absolute Gasteiger partial charge is 0.496 e. The van der Waals surface area contributed by atoms with Crippen LogP contribution in [0.5, 0.6) is 5.75 Å². The number of nitrogens with one attached hydrogen (secondary N) is 1. The molecule has 3 rings (SSSR count). The number of fused-ring (bicyclic) bond motifs is 1. The molecule has 1 aliphatic rings. The quantitative estimate of drug-likeness (QED) is 0.459. The van der Waals surface area contributed by atoms with Crippen molar-refractivity contribution in [2.45, 2.75) is 45.6 Å². The third-order valence-corrected chi connectivity index (χ3v) is 6.15. The molecule has 7 heteroatoms. The summed E-state index contributed by atoms with van der Waals surface area (Å²) in [6.07, 6.45) is 2.66. The van der Waals surface area contributed by atoms with E-state index in [1.54, 1.807) is 25.5 Å². The van der Waals surface area contributed by atoms with E-state index in [4.69, 9.17) is 27.9 Å². The molecule has 0 fully saturated rings. The van der Waals surface area contributed by atoms with Crippen LogP contribution < -0.4 is 15.1 Å². The molecule has 0 spiro atoms. The van der Waals surface area contributed by atoms with Crippen molar-refractivity contribution in [2.75, 3.05) is 18.6 Å². The van der Waals surface area contributed by atoms with E-state index < -0.39 is 5.91 Å². The third kappa shape index (κ3) is 4.42. The highest BCUT2D eigenvalue weighted by Gasteiger charge is 2.36. The van der Waals surface area contributed by atoms with E-state index >= 15 is 0 Å². The number of hydrogen-bond acceptors (Lipinski definition) is 4. The Labute approximate surface area is 188 Å².